The van der Waals surface area contributed by atoms with Crippen LogP contribution in [0, 0.1) is 15.9 Å². The Morgan fingerprint density at radius 2 is 1.90 bits per heavy atom. The summed E-state index contributed by atoms with van der Waals surface area (Å²) in [6.07, 6.45) is 0. The molecule has 0 radical (unpaired) electrons. The molecule has 0 saturated heterocycles. The van der Waals surface area contributed by atoms with Gasteiger partial charge in [0.1, 0.15) is 5.56 Å². The van der Waals surface area contributed by atoms with Crippen LogP contribution in [-0.2, 0) is 0 Å². The highest BCUT2D eigenvalue weighted by molar-refractivity contribution is 5.91. The fourth-order valence-corrected chi connectivity index (χ4v) is 1.59. The predicted molar refractivity (Wildman–Crippen MR) is 66.5 cm³/mol. The van der Waals surface area contributed by atoms with Crippen LogP contribution in [0.2, 0.25) is 0 Å². The van der Waals surface area contributed by atoms with E-state index in [9.17, 15) is 19.3 Å². The minimum atomic E-state index is -1.39. The highest BCUT2D eigenvalue weighted by Gasteiger charge is 2.20. The van der Waals surface area contributed by atoms with E-state index in [1.807, 2.05) is 0 Å². The molecule has 1 N–H and O–H groups in total. The third kappa shape index (κ3) is 2.56. The van der Waals surface area contributed by atoms with Gasteiger partial charge in [0.2, 0.25) is 5.75 Å². The molecular formula is C13H8FNO5. The van der Waals surface area contributed by atoms with Gasteiger partial charge in [0.15, 0.2) is 11.6 Å². The van der Waals surface area contributed by atoms with Crippen LogP contribution in [0.4, 0.5) is 10.1 Å². The molecule has 0 fully saturated rings. The first-order chi connectivity index (χ1) is 9.50. The third-order valence-corrected chi connectivity index (χ3v) is 2.47. The second-order valence-electron chi connectivity index (χ2n) is 3.75. The second-order valence-corrected chi connectivity index (χ2v) is 3.75. The molecule has 6 nitrogen and oxygen atoms in total. The molecule has 20 heavy (non-hydrogen) atoms. The highest BCUT2D eigenvalue weighted by atomic mass is 19.1. The van der Waals surface area contributed by atoms with Crippen LogP contribution in [0.5, 0.6) is 11.5 Å². The van der Waals surface area contributed by atoms with Gasteiger partial charge in [-0.3, -0.25) is 10.1 Å². The summed E-state index contributed by atoms with van der Waals surface area (Å²) in [5.41, 5.74) is -0.796. The number of carboxylic acids is 1. The van der Waals surface area contributed by atoms with Crippen molar-refractivity contribution >= 4 is 11.7 Å². The van der Waals surface area contributed by atoms with Crippen LogP contribution in [0.1, 0.15) is 10.4 Å². The van der Waals surface area contributed by atoms with Crippen molar-refractivity contribution in [1.29, 1.82) is 0 Å². The summed E-state index contributed by atoms with van der Waals surface area (Å²) in [7, 11) is 0. The number of nitro groups is 1. The van der Waals surface area contributed by atoms with Crippen molar-refractivity contribution in [3.05, 3.63) is 64.0 Å². The summed E-state index contributed by atoms with van der Waals surface area (Å²) in [5.74, 6) is -3.10. The van der Waals surface area contributed by atoms with Gasteiger partial charge in [-0.25, -0.2) is 9.18 Å². The first kappa shape index (κ1) is 13.5. The maximum Gasteiger partial charge on any atom is 0.339 e. The lowest BCUT2D eigenvalue weighted by Gasteiger charge is -2.09. The van der Waals surface area contributed by atoms with E-state index in [1.54, 1.807) is 0 Å². The maximum absolute atomic E-state index is 13.7. The van der Waals surface area contributed by atoms with Crippen molar-refractivity contribution in [2.75, 3.05) is 0 Å². The second kappa shape index (κ2) is 5.35. The normalized spacial score (nSPS) is 10.1. The number of carbonyl (C=O) groups is 1. The van der Waals surface area contributed by atoms with Crippen molar-refractivity contribution in [3.63, 3.8) is 0 Å². The van der Waals surface area contributed by atoms with Gasteiger partial charge in [0.25, 0.3) is 0 Å². The van der Waals surface area contributed by atoms with E-state index in [4.69, 9.17) is 9.84 Å². The molecule has 0 amide bonds. The molecule has 2 aromatic rings. The van der Waals surface area contributed by atoms with Crippen molar-refractivity contribution < 1.29 is 24.0 Å². The van der Waals surface area contributed by atoms with Crippen LogP contribution in [-0.4, -0.2) is 16.0 Å². The standard InChI is InChI=1S/C13H8FNO5/c14-9-5-3-4-8(13(16)17)12(9)20-11-7-2-1-6-10(11)15(18)19/h1-7H,(H,16,17). The van der Waals surface area contributed by atoms with Crippen molar-refractivity contribution in [3.8, 4) is 11.5 Å². The Morgan fingerprint density at radius 3 is 2.55 bits per heavy atom. The van der Waals surface area contributed by atoms with Crippen molar-refractivity contribution in [2.24, 2.45) is 0 Å². The molecule has 0 spiro atoms. The summed E-state index contributed by atoms with van der Waals surface area (Å²) in [6, 6.07) is 8.69. The summed E-state index contributed by atoms with van der Waals surface area (Å²) in [6.45, 7) is 0. The minimum absolute atomic E-state index is 0.231. The Labute approximate surface area is 112 Å². The summed E-state index contributed by atoms with van der Waals surface area (Å²) in [4.78, 5) is 21.1. The van der Waals surface area contributed by atoms with E-state index in [0.717, 1.165) is 12.1 Å². The van der Waals surface area contributed by atoms with Crippen LogP contribution in [0.15, 0.2) is 42.5 Å². The molecule has 7 heteroatoms. The fraction of sp³-hybridized carbons (Fsp3) is 0. The molecule has 0 saturated carbocycles. The molecule has 2 aromatic carbocycles. The summed E-state index contributed by atoms with van der Waals surface area (Å²) >= 11 is 0. The van der Waals surface area contributed by atoms with E-state index in [1.165, 1.54) is 30.3 Å². The van der Waals surface area contributed by atoms with E-state index in [2.05, 4.69) is 0 Å². The largest absolute Gasteiger partial charge is 0.478 e. The zero-order valence-electron chi connectivity index (χ0n) is 9.95. The zero-order chi connectivity index (χ0) is 14.7. The van der Waals surface area contributed by atoms with E-state index in [-0.39, 0.29) is 11.4 Å². The number of hydrogen-bond donors (Lipinski definition) is 1. The fourth-order valence-electron chi connectivity index (χ4n) is 1.59. The molecule has 102 valence electrons. The van der Waals surface area contributed by atoms with Crippen LogP contribution in [0.3, 0.4) is 0 Å². The Hall–Kier alpha value is -2.96. The molecule has 0 atom stereocenters. The molecule has 0 heterocycles. The van der Waals surface area contributed by atoms with Crippen LogP contribution in [0.25, 0.3) is 0 Å². The number of nitrogens with zero attached hydrogens (tertiary/aromatic N) is 1. The molecule has 0 aliphatic rings. The van der Waals surface area contributed by atoms with Crippen molar-refractivity contribution in [2.45, 2.75) is 0 Å². The minimum Gasteiger partial charge on any atom is -0.478 e. The number of hydrogen-bond acceptors (Lipinski definition) is 4. The molecule has 0 aromatic heterocycles. The van der Waals surface area contributed by atoms with E-state index in [0.29, 0.717) is 0 Å². The van der Waals surface area contributed by atoms with Crippen molar-refractivity contribution in [1.82, 2.24) is 0 Å². The average molecular weight is 277 g/mol. The number of halogens is 1. The first-order valence-corrected chi connectivity index (χ1v) is 5.44. The van der Waals surface area contributed by atoms with Crippen LogP contribution >= 0.6 is 0 Å². The van der Waals surface area contributed by atoms with Gasteiger partial charge in [0, 0.05) is 6.07 Å². The first-order valence-electron chi connectivity index (χ1n) is 5.44. The monoisotopic (exact) mass is 277 g/mol. The third-order valence-electron chi connectivity index (χ3n) is 2.47. The molecule has 0 aliphatic carbocycles. The Kier molecular flexibility index (Phi) is 3.60. The number of rotatable bonds is 4. The number of para-hydroxylation sites is 3. The maximum atomic E-state index is 13.7. The SMILES string of the molecule is O=C(O)c1cccc(F)c1Oc1ccccc1[N+](=O)[O-]. The van der Waals surface area contributed by atoms with Gasteiger partial charge in [-0.15, -0.1) is 0 Å². The number of ether oxygens (including phenoxy) is 1. The van der Waals surface area contributed by atoms with Gasteiger partial charge in [-0.05, 0) is 18.2 Å². The lowest BCUT2D eigenvalue weighted by Crippen LogP contribution is -2.03. The van der Waals surface area contributed by atoms with Gasteiger partial charge in [0.05, 0.1) is 4.92 Å². The van der Waals surface area contributed by atoms with E-state index >= 15 is 0 Å². The number of aromatic carboxylic acids is 1. The van der Waals surface area contributed by atoms with Gasteiger partial charge in [-0.1, -0.05) is 18.2 Å². The molecule has 2 rings (SSSR count). The molecule has 0 bridgehead atoms. The summed E-state index contributed by atoms with van der Waals surface area (Å²) in [5, 5.41) is 19.8. The Balaban J connectivity index is 2.51. The lowest BCUT2D eigenvalue weighted by molar-refractivity contribution is -0.385. The molecular weight excluding hydrogens is 269 g/mol. The topological polar surface area (TPSA) is 89.7 Å². The van der Waals surface area contributed by atoms with Gasteiger partial charge in [-0.2, -0.15) is 0 Å². The zero-order valence-corrected chi connectivity index (χ0v) is 9.95. The predicted octanol–water partition coefficient (Wildman–Crippen LogP) is 3.22. The highest BCUT2D eigenvalue weighted by Crippen LogP contribution is 2.34. The number of nitro benzene ring substituents is 1. The van der Waals surface area contributed by atoms with Gasteiger partial charge < -0.3 is 9.84 Å². The summed E-state index contributed by atoms with van der Waals surface area (Å²) < 4.78 is 18.8. The van der Waals surface area contributed by atoms with E-state index < -0.39 is 28.0 Å². The number of carboxylic acid groups (broad SMARTS) is 1. The van der Waals surface area contributed by atoms with Crippen LogP contribution < -0.4 is 4.74 Å². The Bertz CT molecular complexity index is 686. The van der Waals surface area contributed by atoms with Gasteiger partial charge >= 0.3 is 11.7 Å². The smallest absolute Gasteiger partial charge is 0.339 e. The molecule has 0 unspecified atom stereocenters. The molecule has 0 aliphatic heterocycles. The quantitative estimate of drug-likeness (QED) is 0.684. The Morgan fingerprint density at radius 1 is 1.20 bits per heavy atom. The average Bonchev–Trinajstić information content (AvgIpc) is 2.41. The number of benzene rings is 2. The lowest BCUT2D eigenvalue weighted by atomic mass is 10.2.